The molecule has 0 aromatic carbocycles. The highest BCUT2D eigenvalue weighted by molar-refractivity contribution is 14.0. The van der Waals surface area contributed by atoms with E-state index < -0.39 is 14.6 Å². The van der Waals surface area contributed by atoms with Crippen LogP contribution in [-0.2, 0) is 9.84 Å². The molecule has 0 unspecified atom stereocenters. The summed E-state index contributed by atoms with van der Waals surface area (Å²) in [7, 11) is -1.39. The van der Waals surface area contributed by atoms with Gasteiger partial charge in [-0.3, -0.25) is 4.99 Å². The van der Waals surface area contributed by atoms with Gasteiger partial charge in [0.05, 0.1) is 4.75 Å². The zero-order valence-electron chi connectivity index (χ0n) is 15.1. The molecule has 8 heteroatoms. The van der Waals surface area contributed by atoms with Crippen molar-refractivity contribution in [2.24, 2.45) is 4.99 Å². The maximum Gasteiger partial charge on any atom is 0.191 e. The summed E-state index contributed by atoms with van der Waals surface area (Å²) >= 11 is 0. The summed E-state index contributed by atoms with van der Waals surface area (Å²) < 4.78 is 22.7. The molecule has 0 radical (unpaired) electrons. The largest absolute Gasteiger partial charge is 0.355 e. The Morgan fingerprint density at radius 3 is 2.30 bits per heavy atom. The summed E-state index contributed by atoms with van der Waals surface area (Å²) in [4.78, 5) is 6.70. The van der Waals surface area contributed by atoms with Crippen molar-refractivity contribution in [1.29, 1.82) is 0 Å². The van der Waals surface area contributed by atoms with Crippen LogP contribution in [0.4, 0.5) is 0 Å². The van der Waals surface area contributed by atoms with Gasteiger partial charge in [-0.25, -0.2) is 8.42 Å². The van der Waals surface area contributed by atoms with E-state index in [4.69, 9.17) is 0 Å². The topological polar surface area (TPSA) is 73.8 Å². The van der Waals surface area contributed by atoms with E-state index in [1.165, 1.54) is 19.2 Å². The average molecular weight is 460 g/mol. The van der Waals surface area contributed by atoms with Crippen LogP contribution in [0.25, 0.3) is 0 Å². The number of likely N-dealkylation sites (tertiary alicyclic amines) is 1. The van der Waals surface area contributed by atoms with Gasteiger partial charge in [0.2, 0.25) is 0 Å². The lowest BCUT2D eigenvalue weighted by molar-refractivity contribution is 0.206. The van der Waals surface area contributed by atoms with Crippen LogP contribution in [0, 0.1) is 0 Å². The number of nitrogens with one attached hydrogen (secondary N) is 2. The van der Waals surface area contributed by atoms with Crippen molar-refractivity contribution in [3.8, 4) is 0 Å². The first-order valence-electron chi connectivity index (χ1n) is 8.08. The monoisotopic (exact) mass is 460 g/mol. The quantitative estimate of drug-likeness (QED) is 0.357. The number of guanidine groups is 1. The number of hydrogen-bond acceptors (Lipinski definition) is 4. The highest BCUT2D eigenvalue weighted by Gasteiger charge is 2.30. The average Bonchev–Trinajstić information content (AvgIpc) is 2.44. The molecule has 1 rings (SSSR count). The second-order valence-electron chi connectivity index (χ2n) is 6.72. The summed E-state index contributed by atoms with van der Waals surface area (Å²) in [6.45, 7) is 9.40. The molecule has 138 valence electrons. The molecule has 1 saturated heterocycles. The molecule has 1 aliphatic rings. The third-order valence-electron chi connectivity index (χ3n) is 4.38. The van der Waals surface area contributed by atoms with Crippen LogP contribution >= 0.6 is 24.0 Å². The van der Waals surface area contributed by atoms with Crippen molar-refractivity contribution in [3.63, 3.8) is 0 Å². The zero-order chi connectivity index (χ0) is 16.8. The Morgan fingerprint density at radius 2 is 1.87 bits per heavy atom. The van der Waals surface area contributed by atoms with Gasteiger partial charge in [0.15, 0.2) is 15.8 Å². The number of sulfone groups is 1. The number of halogens is 1. The molecular weight excluding hydrogens is 427 g/mol. The lowest BCUT2D eigenvalue weighted by atomic mass is 10.1. The smallest absolute Gasteiger partial charge is 0.191 e. The third-order valence-corrected chi connectivity index (χ3v) is 6.53. The van der Waals surface area contributed by atoms with Crippen LogP contribution in [-0.4, -0.2) is 69.5 Å². The Bertz CT molecular complexity index is 472. The fourth-order valence-corrected chi connectivity index (χ4v) is 2.77. The Kier molecular flexibility index (Phi) is 9.99. The first-order valence-corrected chi connectivity index (χ1v) is 9.98. The Hall–Kier alpha value is -0.0900. The SMILES string of the molecule is CCCN1CCC(NC(=NC)NCC(C)(C)S(C)(=O)=O)CC1.I. The molecule has 1 heterocycles. The first-order chi connectivity index (χ1) is 10.2. The van der Waals surface area contributed by atoms with Gasteiger partial charge in [0.25, 0.3) is 0 Å². The number of aliphatic imine (C=N–C) groups is 1. The van der Waals surface area contributed by atoms with Crippen LogP contribution in [0.1, 0.15) is 40.0 Å². The van der Waals surface area contributed by atoms with Crippen molar-refractivity contribution in [2.75, 3.05) is 39.5 Å². The van der Waals surface area contributed by atoms with E-state index in [0.29, 0.717) is 18.5 Å². The lowest BCUT2D eigenvalue weighted by Crippen LogP contribution is -2.52. The first kappa shape index (κ1) is 22.9. The van der Waals surface area contributed by atoms with Crippen LogP contribution in [0.2, 0.25) is 0 Å². The van der Waals surface area contributed by atoms with E-state index >= 15 is 0 Å². The molecular formula is C15H33IN4O2S. The summed E-state index contributed by atoms with van der Waals surface area (Å²) in [5.74, 6) is 0.686. The second-order valence-corrected chi connectivity index (χ2v) is 9.37. The van der Waals surface area contributed by atoms with Gasteiger partial charge >= 0.3 is 0 Å². The van der Waals surface area contributed by atoms with Gasteiger partial charge in [0, 0.05) is 39.0 Å². The summed E-state index contributed by atoms with van der Waals surface area (Å²) in [6.07, 6.45) is 4.66. The highest BCUT2D eigenvalue weighted by atomic mass is 127. The Morgan fingerprint density at radius 1 is 1.30 bits per heavy atom. The number of nitrogens with zero attached hydrogens (tertiary/aromatic N) is 2. The standard InChI is InChI=1S/C15H32N4O2S.HI/c1-6-9-19-10-7-13(8-11-19)18-14(16-4)17-12-15(2,3)22(5,20)21;/h13H,6-12H2,1-5H3,(H2,16,17,18);1H. The van der Waals surface area contributed by atoms with Crippen LogP contribution in [0.5, 0.6) is 0 Å². The second kappa shape index (κ2) is 10.0. The fourth-order valence-electron chi connectivity index (χ4n) is 2.43. The summed E-state index contributed by atoms with van der Waals surface area (Å²) in [6, 6.07) is 0.403. The van der Waals surface area contributed by atoms with E-state index in [1.54, 1.807) is 20.9 Å². The van der Waals surface area contributed by atoms with Crippen molar-refractivity contribution >= 4 is 39.8 Å². The van der Waals surface area contributed by atoms with Crippen LogP contribution < -0.4 is 10.6 Å². The maximum atomic E-state index is 11.7. The molecule has 0 amide bonds. The minimum atomic E-state index is -3.10. The van der Waals surface area contributed by atoms with Crippen molar-refractivity contribution in [1.82, 2.24) is 15.5 Å². The van der Waals surface area contributed by atoms with Crippen LogP contribution in [0.3, 0.4) is 0 Å². The molecule has 2 N–H and O–H groups in total. The maximum absolute atomic E-state index is 11.7. The number of piperidine rings is 1. The molecule has 23 heavy (non-hydrogen) atoms. The van der Waals surface area contributed by atoms with Gasteiger partial charge in [-0.15, -0.1) is 24.0 Å². The highest BCUT2D eigenvalue weighted by Crippen LogP contribution is 2.14. The van der Waals surface area contributed by atoms with Crippen molar-refractivity contribution < 1.29 is 8.42 Å². The fraction of sp³-hybridized carbons (Fsp3) is 0.933. The van der Waals surface area contributed by atoms with Gasteiger partial charge in [-0.1, -0.05) is 6.92 Å². The normalized spacial score (nSPS) is 18.4. The van der Waals surface area contributed by atoms with E-state index in [1.807, 2.05) is 0 Å². The minimum Gasteiger partial charge on any atom is -0.355 e. The van der Waals surface area contributed by atoms with E-state index in [0.717, 1.165) is 25.9 Å². The van der Waals surface area contributed by atoms with Gasteiger partial charge in [0.1, 0.15) is 0 Å². The Labute approximate surface area is 158 Å². The van der Waals surface area contributed by atoms with Gasteiger partial charge < -0.3 is 15.5 Å². The molecule has 0 saturated carbocycles. The third kappa shape index (κ3) is 7.55. The van der Waals surface area contributed by atoms with Crippen LogP contribution in [0.15, 0.2) is 4.99 Å². The van der Waals surface area contributed by atoms with Gasteiger partial charge in [-0.05, 0) is 39.7 Å². The van der Waals surface area contributed by atoms with Crippen molar-refractivity contribution in [2.45, 2.75) is 50.8 Å². The molecule has 0 aliphatic carbocycles. The summed E-state index contributed by atoms with van der Waals surface area (Å²) in [5.41, 5.74) is 0. The molecule has 0 atom stereocenters. The Balaban J connectivity index is 0.00000484. The van der Waals surface area contributed by atoms with E-state index in [9.17, 15) is 8.42 Å². The molecule has 0 bridgehead atoms. The summed E-state index contributed by atoms with van der Waals surface area (Å²) in [5, 5.41) is 6.56. The van der Waals surface area contributed by atoms with E-state index in [2.05, 4.69) is 27.4 Å². The predicted molar refractivity (Wildman–Crippen MR) is 109 cm³/mol. The number of rotatable bonds is 6. The van der Waals surface area contributed by atoms with Crippen molar-refractivity contribution in [3.05, 3.63) is 0 Å². The van der Waals surface area contributed by atoms with E-state index in [-0.39, 0.29) is 24.0 Å². The number of hydrogen-bond donors (Lipinski definition) is 2. The molecule has 1 aliphatic heterocycles. The molecule has 0 spiro atoms. The molecule has 6 nitrogen and oxygen atoms in total. The molecule has 0 aromatic heterocycles. The molecule has 0 aromatic rings. The lowest BCUT2D eigenvalue weighted by Gasteiger charge is -2.33. The molecule has 1 fully saturated rings. The zero-order valence-corrected chi connectivity index (χ0v) is 18.2. The van der Waals surface area contributed by atoms with Gasteiger partial charge in [-0.2, -0.15) is 0 Å². The minimum absolute atomic E-state index is 0. The predicted octanol–water partition coefficient (Wildman–Crippen LogP) is 1.47.